The van der Waals surface area contributed by atoms with Gasteiger partial charge in [-0.2, -0.15) is 0 Å². The maximum absolute atomic E-state index is 14.1. The van der Waals surface area contributed by atoms with Crippen molar-refractivity contribution >= 4 is 18.0 Å². The van der Waals surface area contributed by atoms with E-state index in [4.69, 9.17) is 4.74 Å². The first-order valence-corrected chi connectivity index (χ1v) is 15.6. The molecule has 6 aliphatic rings. The Hall–Kier alpha value is -1.53. The number of ketones is 2. The van der Waals surface area contributed by atoms with Gasteiger partial charge in [0.15, 0.2) is 0 Å². The van der Waals surface area contributed by atoms with Gasteiger partial charge in [0.2, 0.25) is 0 Å². The number of carbonyl (C=O) groups is 3. The molecule has 6 heteroatoms. The third-order valence-corrected chi connectivity index (χ3v) is 12.5. The fourth-order valence-corrected chi connectivity index (χ4v) is 10.4. The summed E-state index contributed by atoms with van der Waals surface area (Å²) in [6, 6.07) is 0. The van der Waals surface area contributed by atoms with Crippen LogP contribution in [0.1, 0.15) is 84.5 Å². The molecular weight excluding hydrogens is 476 g/mol. The van der Waals surface area contributed by atoms with Gasteiger partial charge in [-0.3, -0.25) is 14.4 Å². The number of Topliss-reactive ketones (excluding diaryl/α,β-unsaturated/α-hetero) is 2. The molecule has 4 aliphatic carbocycles. The third kappa shape index (κ3) is 4.33. The second-order valence-corrected chi connectivity index (χ2v) is 14.1. The number of rotatable bonds is 5. The molecule has 3 unspecified atom stereocenters. The average molecular weight is 525 g/mol. The molecule has 2 saturated heterocycles. The van der Waals surface area contributed by atoms with Crippen molar-refractivity contribution in [3.8, 4) is 0 Å². The number of hydrogen-bond donors (Lipinski definition) is 2. The second-order valence-electron chi connectivity index (χ2n) is 14.1. The number of carbonyl (C=O) groups excluding carboxylic acids is 3. The van der Waals surface area contributed by atoms with Gasteiger partial charge in [0.25, 0.3) is 6.47 Å². The van der Waals surface area contributed by atoms with Crippen LogP contribution in [0.15, 0.2) is 11.6 Å². The Morgan fingerprint density at radius 2 is 1.61 bits per heavy atom. The highest BCUT2D eigenvalue weighted by Crippen LogP contribution is 2.66. The van der Waals surface area contributed by atoms with Gasteiger partial charge in [-0.15, -0.1) is 0 Å². The molecule has 0 amide bonds. The standard InChI is InChI=1S/C32H48N2O4/c1-31-10-5-26-24(25(31)3-4-29(31)37)18-28(36)27-16-22(17-30(38-19-35)32(26,27)2)23(21-8-13-34-14-9-21)15-20-6-11-33-12-7-20/h15,19-22,24-27,30,33-34H,3-14,16-18H2,1-2H3/b23-15+/t22?,24-,25-,26+,27?,30?,31-,32+/m0/s1. The molecule has 6 nitrogen and oxygen atoms in total. The number of nitrogens with one attached hydrogen (secondary N) is 2. The zero-order chi connectivity index (χ0) is 26.5. The minimum atomic E-state index is -0.335. The first kappa shape index (κ1) is 26.7. The molecular formula is C32H48N2O4. The van der Waals surface area contributed by atoms with Crippen LogP contribution in [0.4, 0.5) is 0 Å². The van der Waals surface area contributed by atoms with Crippen LogP contribution >= 0.6 is 0 Å². The quantitative estimate of drug-likeness (QED) is 0.408. The van der Waals surface area contributed by atoms with Crippen molar-refractivity contribution in [2.45, 2.75) is 90.6 Å². The molecule has 38 heavy (non-hydrogen) atoms. The minimum Gasteiger partial charge on any atom is -0.464 e. The monoisotopic (exact) mass is 524 g/mol. The average Bonchev–Trinajstić information content (AvgIpc) is 3.24. The number of piperidine rings is 2. The molecule has 0 bridgehead atoms. The molecule has 2 aliphatic heterocycles. The lowest BCUT2D eigenvalue weighted by molar-refractivity contribution is -0.189. The molecule has 0 aromatic heterocycles. The summed E-state index contributed by atoms with van der Waals surface area (Å²) in [5.74, 6) is 3.06. The van der Waals surface area contributed by atoms with Crippen molar-refractivity contribution in [2.75, 3.05) is 26.2 Å². The van der Waals surface area contributed by atoms with Crippen LogP contribution in [-0.4, -0.2) is 50.3 Å². The molecule has 0 spiro atoms. The highest BCUT2D eigenvalue weighted by molar-refractivity contribution is 5.88. The molecule has 0 aromatic rings. The zero-order valence-corrected chi connectivity index (χ0v) is 23.5. The Balaban J connectivity index is 1.33. The Kier molecular flexibility index (Phi) is 7.35. The van der Waals surface area contributed by atoms with Crippen molar-refractivity contribution in [3.63, 3.8) is 0 Å². The van der Waals surface area contributed by atoms with Gasteiger partial charge in [0, 0.05) is 29.6 Å². The van der Waals surface area contributed by atoms with Gasteiger partial charge in [-0.1, -0.05) is 25.5 Å². The summed E-state index contributed by atoms with van der Waals surface area (Å²) in [4.78, 5) is 38.9. The summed E-state index contributed by atoms with van der Waals surface area (Å²) in [7, 11) is 0. The van der Waals surface area contributed by atoms with E-state index < -0.39 is 0 Å². The number of allylic oxidation sites excluding steroid dienone is 2. The van der Waals surface area contributed by atoms with E-state index in [0.717, 1.165) is 71.1 Å². The highest BCUT2D eigenvalue weighted by Gasteiger charge is 2.65. The molecule has 6 fully saturated rings. The van der Waals surface area contributed by atoms with E-state index in [1.54, 1.807) is 5.57 Å². The lowest BCUT2D eigenvalue weighted by Gasteiger charge is -2.61. The van der Waals surface area contributed by atoms with E-state index in [-0.39, 0.29) is 28.8 Å². The summed E-state index contributed by atoms with van der Waals surface area (Å²) >= 11 is 0. The SMILES string of the molecule is C[C@]12C(OC=O)CC(/C(=C/C3CCNCC3)C3CCNCC3)CC1C(=O)C[C@@H]1[C@H]2CC[C@]2(C)C(=O)CC[C@@H]12. The highest BCUT2D eigenvalue weighted by atomic mass is 16.5. The number of hydrogen-bond acceptors (Lipinski definition) is 6. The largest absolute Gasteiger partial charge is 0.464 e. The topological polar surface area (TPSA) is 84.5 Å². The van der Waals surface area contributed by atoms with Gasteiger partial charge >= 0.3 is 0 Å². The Morgan fingerprint density at radius 3 is 2.32 bits per heavy atom. The summed E-state index contributed by atoms with van der Waals surface area (Å²) < 4.78 is 6.02. The third-order valence-electron chi connectivity index (χ3n) is 12.5. The maximum atomic E-state index is 14.1. The first-order valence-electron chi connectivity index (χ1n) is 15.6. The van der Waals surface area contributed by atoms with Crippen LogP contribution in [0.3, 0.4) is 0 Å². The predicted molar refractivity (Wildman–Crippen MR) is 146 cm³/mol. The van der Waals surface area contributed by atoms with Gasteiger partial charge in [0.1, 0.15) is 17.7 Å². The molecule has 2 N–H and O–H groups in total. The smallest absolute Gasteiger partial charge is 0.293 e. The van der Waals surface area contributed by atoms with Gasteiger partial charge in [-0.05, 0) is 119 Å². The van der Waals surface area contributed by atoms with Crippen molar-refractivity contribution < 1.29 is 19.1 Å². The van der Waals surface area contributed by atoms with Crippen molar-refractivity contribution in [3.05, 3.63) is 11.6 Å². The predicted octanol–water partition coefficient (Wildman–Crippen LogP) is 4.47. The summed E-state index contributed by atoms with van der Waals surface area (Å²) in [6.07, 6.45) is 12.9. The molecule has 2 heterocycles. The molecule has 0 aromatic carbocycles. The van der Waals surface area contributed by atoms with Crippen LogP contribution in [0.2, 0.25) is 0 Å². The van der Waals surface area contributed by atoms with E-state index in [9.17, 15) is 14.4 Å². The minimum absolute atomic E-state index is 0.0629. The van der Waals surface area contributed by atoms with Crippen molar-refractivity contribution in [1.29, 1.82) is 0 Å². The lowest BCUT2D eigenvalue weighted by atomic mass is 9.43. The Labute approximate surface area is 228 Å². The fourth-order valence-electron chi connectivity index (χ4n) is 10.4. The van der Waals surface area contributed by atoms with E-state index in [1.165, 1.54) is 12.8 Å². The molecule has 6 rings (SSSR count). The van der Waals surface area contributed by atoms with E-state index in [2.05, 4.69) is 30.6 Å². The normalized spacial score (nSPS) is 44.7. The number of fused-ring (bicyclic) bond motifs is 5. The lowest BCUT2D eigenvalue weighted by Crippen LogP contribution is -2.62. The van der Waals surface area contributed by atoms with E-state index >= 15 is 0 Å². The number of ether oxygens (including phenoxy) is 1. The molecule has 0 radical (unpaired) electrons. The van der Waals surface area contributed by atoms with Gasteiger partial charge in [-0.25, -0.2) is 0 Å². The van der Waals surface area contributed by atoms with Crippen LogP contribution in [0, 0.1) is 52.3 Å². The van der Waals surface area contributed by atoms with Crippen LogP contribution in [0.5, 0.6) is 0 Å². The van der Waals surface area contributed by atoms with E-state index in [1.807, 2.05) is 0 Å². The summed E-state index contributed by atoms with van der Waals surface area (Å²) in [5, 5.41) is 7.04. The van der Waals surface area contributed by atoms with Crippen LogP contribution in [-0.2, 0) is 19.1 Å². The van der Waals surface area contributed by atoms with Crippen molar-refractivity contribution in [2.24, 2.45) is 52.3 Å². The Bertz CT molecular complexity index is 967. The van der Waals surface area contributed by atoms with Gasteiger partial charge < -0.3 is 15.4 Å². The Morgan fingerprint density at radius 1 is 0.895 bits per heavy atom. The van der Waals surface area contributed by atoms with Crippen molar-refractivity contribution in [1.82, 2.24) is 10.6 Å². The first-order chi connectivity index (χ1) is 18.4. The zero-order valence-electron chi connectivity index (χ0n) is 23.5. The van der Waals surface area contributed by atoms with Crippen LogP contribution < -0.4 is 10.6 Å². The van der Waals surface area contributed by atoms with E-state index in [0.29, 0.717) is 60.5 Å². The fraction of sp³-hybridized carbons (Fsp3) is 0.844. The van der Waals surface area contributed by atoms with Gasteiger partial charge in [0.05, 0.1) is 0 Å². The maximum Gasteiger partial charge on any atom is 0.293 e. The summed E-state index contributed by atoms with van der Waals surface area (Å²) in [6.45, 7) is 9.35. The molecule has 8 atom stereocenters. The second kappa shape index (κ2) is 10.5. The molecule has 210 valence electrons. The molecule has 4 saturated carbocycles. The van der Waals surface area contributed by atoms with Crippen LogP contribution in [0.25, 0.3) is 0 Å². The summed E-state index contributed by atoms with van der Waals surface area (Å²) in [5.41, 5.74) is 0.966.